The summed E-state index contributed by atoms with van der Waals surface area (Å²) in [6.45, 7) is 0.246. The highest BCUT2D eigenvalue weighted by molar-refractivity contribution is 9.10. The van der Waals surface area contributed by atoms with Crippen molar-refractivity contribution in [2.45, 2.75) is 25.3 Å². The van der Waals surface area contributed by atoms with E-state index in [9.17, 15) is 14.4 Å². The van der Waals surface area contributed by atoms with Gasteiger partial charge in [0.1, 0.15) is 0 Å². The predicted molar refractivity (Wildman–Crippen MR) is 83.4 cm³/mol. The van der Waals surface area contributed by atoms with Gasteiger partial charge < -0.3 is 15.7 Å². The molecule has 3 N–H and O–H groups in total. The maximum absolute atomic E-state index is 11.8. The van der Waals surface area contributed by atoms with E-state index in [1.807, 2.05) is 0 Å². The average molecular weight is 369 g/mol. The first-order valence-corrected chi connectivity index (χ1v) is 7.81. The summed E-state index contributed by atoms with van der Waals surface area (Å²) >= 11 is 3.29. The number of aliphatic carboxylic acids is 1. The molecule has 0 spiro atoms. The first kappa shape index (κ1) is 16.5. The first-order chi connectivity index (χ1) is 10.5. The number of nitrogens with one attached hydrogen (secondary N) is 2. The van der Waals surface area contributed by atoms with Gasteiger partial charge in [-0.15, -0.1) is 0 Å². The number of carbonyl (C=O) groups is 3. The average Bonchev–Trinajstić information content (AvgIpc) is 2.42. The predicted octanol–water partition coefficient (Wildman–Crippen LogP) is 1.55. The second-order valence-electron chi connectivity index (χ2n) is 5.28. The van der Waals surface area contributed by atoms with Crippen LogP contribution in [0.5, 0.6) is 0 Å². The maximum Gasteiger partial charge on any atom is 0.306 e. The second kappa shape index (κ2) is 7.40. The number of carbonyl (C=O) groups excluding carboxylic acids is 2. The van der Waals surface area contributed by atoms with E-state index in [0.29, 0.717) is 18.4 Å². The molecule has 1 aliphatic carbocycles. The van der Waals surface area contributed by atoms with E-state index < -0.39 is 5.97 Å². The van der Waals surface area contributed by atoms with Gasteiger partial charge in [0.05, 0.1) is 5.92 Å². The van der Waals surface area contributed by atoms with Crippen LogP contribution in [0.3, 0.4) is 0 Å². The Kier molecular flexibility index (Phi) is 5.54. The third-order valence-electron chi connectivity index (χ3n) is 3.60. The third-order valence-corrected chi connectivity index (χ3v) is 4.13. The number of carboxylic acid groups (broad SMARTS) is 1. The van der Waals surface area contributed by atoms with Crippen LogP contribution in [0.15, 0.2) is 28.7 Å². The molecule has 1 saturated carbocycles. The van der Waals surface area contributed by atoms with E-state index >= 15 is 0 Å². The fraction of sp³-hybridized carbons (Fsp3) is 0.400. The van der Waals surface area contributed by atoms with Gasteiger partial charge in [-0.05, 0) is 37.1 Å². The lowest BCUT2D eigenvalue weighted by Gasteiger charge is -2.32. The lowest BCUT2D eigenvalue weighted by atomic mass is 9.80. The Labute approximate surface area is 136 Å². The fourth-order valence-corrected chi connectivity index (χ4v) is 2.49. The van der Waals surface area contributed by atoms with Crippen LogP contribution in [-0.2, 0) is 9.59 Å². The topological polar surface area (TPSA) is 95.5 Å². The number of halogens is 1. The molecule has 118 valence electrons. The van der Waals surface area contributed by atoms with Crippen LogP contribution in [-0.4, -0.2) is 35.5 Å². The van der Waals surface area contributed by atoms with Gasteiger partial charge in [-0.25, -0.2) is 0 Å². The molecule has 0 saturated heterocycles. The Hall–Kier alpha value is -1.89. The molecule has 0 unspecified atom stereocenters. The van der Waals surface area contributed by atoms with Crippen LogP contribution in [0.4, 0.5) is 0 Å². The molecule has 0 aromatic heterocycles. The van der Waals surface area contributed by atoms with Crippen molar-refractivity contribution in [1.29, 1.82) is 0 Å². The Bertz CT molecular complexity index is 567. The van der Waals surface area contributed by atoms with Gasteiger partial charge in [0.25, 0.3) is 5.91 Å². The van der Waals surface area contributed by atoms with Gasteiger partial charge in [-0.1, -0.05) is 15.9 Å². The Balaban J connectivity index is 1.64. The zero-order valence-corrected chi connectivity index (χ0v) is 13.4. The largest absolute Gasteiger partial charge is 0.481 e. The number of amides is 2. The standard InChI is InChI=1S/C15H17BrN2O4/c16-11-3-1-9(2-4-11)14(20)17-6-5-13(19)18-12-7-10(8-12)15(21)22/h1-4,10,12H,5-8H2,(H,17,20)(H,18,19)(H,21,22). The van der Waals surface area contributed by atoms with Gasteiger partial charge in [-0.3, -0.25) is 14.4 Å². The third kappa shape index (κ3) is 4.56. The zero-order chi connectivity index (χ0) is 16.1. The van der Waals surface area contributed by atoms with E-state index in [1.165, 1.54) is 0 Å². The molecule has 2 rings (SSSR count). The van der Waals surface area contributed by atoms with Crippen molar-refractivity contribution in [2.24, 2.45) is 5.92 Å². The maximum atomic E-state index is 11.8. The molecule has 0 heterocycles. The Morgan fingerprint density at radius 3 is 2.41 bits per heavy atom. The van der Waals surface area contributed by atoms with Crippen LogP contribution >= 0.6 is 15.9 Å². The minimum absolute atomic E-state index is 0.0595. The molecule has 0 bridgehead atoms. The van der Waals surface area contributed by atoms with Crippen molar-refractivity contribution in [3.05, 3.63) is 34.3 Å². The fourth-order valence-electron chi connectivity index (χ4n) is 2.23. The SMILES string of the molecule is O=C(CCNC(=O)c1ccc(Br)cc1)NC1CC(C(=O)O)C1. The molecular weight excluding hydrogens is 352 g/mol. The van der Waals surface area contributed by atoms with E-state index in [4.69, 9.17) is 5.11 Å². The summed E-state index contributed by atoms with van der Waals surface area (Å²) in [5.74, 6) is -1.56. The summed E-state index contributed by atoms with van der Waals surface area (Å²) < 4.78 is 0.892. The number of hydrogen-bond acceptors (Lipinski definition) is 3. The van der Waals surface area contributed by atoms with E-state index in [1.54, 1.807) is 24.3 Å². The summed E-state index contributed by atoms with van der Waals surface area (Å²) in [7, 11) is 0. The number of rotatable bonds is 6. The molecule has 0 atom stereocenters. The van der Waals surface area contributed by atoms with Gasteiger partial charge >= 0.3 is 5.97 Å². The van der Waals surface area contributed by atoms with Crippen molar-refractivity contribution >= 4 is 33.7 Å². The van der Waals surface area contributed by atoms with Crippen LogP contribution < -0.4 is 10.6 Å². The molecule has 1 fully saturated rings. The molecule has 22 heavy (non-hydrogen) atoms. The number of benzene rings is 1. The normalized spacial score (nSPS) is 19.9. The summed E-state index contributed by atoms with van der Waals surface area (Å²) in [6.07, 6.45) is 1.13. The first-order valence-electron chi connectivity index (χ1n) is 7.01. The summed E-state index contributed by atoms with van der Waals surface area (Å²) in [6, 6.07) is 6.88. The summed E-state index contributed by atoms with van der Waals surface area (Å²) in [5.41, 5.74) is 0.534. The summed E-state index contributed by atoms with van der Waals surface area (Å²) in [4.78, 5) is 34.1. The Morgan fingerprint density at radius 2 is 1.82 bits per heavy atom. The van der Waals surface area contributed by atoms with E-state index in [0.717, 1.165) is 4.47 Å². The highest BCUT2D eigenvalue weighted by Crippen LogP contribution is 2.27. The summed E-state index contributed by atoms with van der Waals surface area (Å²) in [5, 5.41) is 14.2. The van der Waals surface area contributed by atoms with Crippen LogP contribution in [0.1, 0.15) is 29.6 Å². The van der Waals surface area contributed by atoms with Crippen molar-refractivity contribution < 1.29 is 19.5 Å². The molecule has 1 aliphatic rings. The van der Waals surface area contributed by atoms with E-state index in [-0.39, 0.29) is 36.7 Å². The van der Waals surface area contributed by atoms with Gasteiger partial charge in [0.15, 0.2) is 0 Å². The second-order valence-corrected chi connectivity index (χ2v) is 6.20. The number of hydrogen-bond donors (Lipinski definition) is 3. The van der Waals surface area contributed by atoms with Crippen molar-refractivity contribution in [3.63, 3.8) is 0 Å². The minimum Gasteiger partial charge on any atom is -0.481 e. The lowest BCUT2D eigenvalue weighted by molar-refractivity contribution is -0.146. The highest BCUT2D eigenvalue weighted by Gasteiger charge is 2.35. The van der Waals surface area contributed by atoms with Crippen LogP contribution in [0, 0.1) is 5.92 Å². The molecule has 7 heteroatoms. The quantitative estimate of drug-likeness (QED) is 0.709. The monoisotopic (exact) mass is 368 g/mol. The van der Waals surface area contributed by atoms with Crippen LogP contribution in [0.2, 0.25) is 0 Å². The van der Waals surface area contributed by atoms with Gasteiger partial charge in [0.2, 0.25) is 5.91 Å². The highest BCUT2D eigenvalue weighted by atomic mass is 79.9. The zero-order valence-electron chi connectivity index (χ0n) is 11.8. The number of carboxylic acids is 1. The van der Waals surface area contributed by atoms with Crippen LogP contribution in [0.25, 0.3) is 0 Å². The van der Waals surface area contributed by atoms with Crippen molar-refractivity contribution in [1.82, 2.24) is 10.6 Å². The van der Waals surface area contributed by atoms with E-state index in [2.05, 4.69) is 26.6 Å². The molecule has 1 aromatic carbocycles. The molecule has 1 aromatic rings. The van der Waals surface area contributed by atoms with Gasteiger partial charge in [-0.2, -0.15) is 0 Å². The minimum atomic E-state index is -0.813. The lowest BCUT2D eigenvalue weighted by Crippen LogP contribution is -2.47. The Morgan fingerprint density at radius 1 is 1.18 bits per heavy atom. The molecule has 6 nitrogen and oxygen atoms in total. The molecule has 0 aliphatic heterocycles. The smallest absolute Gasteiger partial charge is 0.306 e. The molecular formula is C15H17BrN2O4. The molecule has 2 amide bonds. The van der Waals surface area contributed by atoms with Crippen molar-refractivity contribution in [2.75, 3.05) is 6.54 Å². The molecule has 0 radical (unpaired) electrons. The van der Waals surface area contributed by atoms with Crippen molar-refractivity contribution in [3.8, 4) is 0 Å². The van der Waals surface area contributed by atoms with Gasteiger partial charge in [0, 0.05) is 29.0 Å².